The zero-order valence-corrected chi connectivity index (χ0v) is 11.7. The molecule has 1 unspecified atom stereocenters. The van der Waals surface area contributed by atoms with Crippen LogP contribution in [0.15, 0.2) is 36.4 Å². The first-order valence-electron chi connectivity index (χ1n) is 7.21. The van der Waals surface area contributed by atoms with Crippen LogP contribution >= 0.6 is 0 Å². The van der Waals surface area contributed by atoms with Gasteiger partial charge in [-0.15, -0.1) is 0 Å². The number of aliphatic hydroxyl groups excluding tert-OH is 1. The number of benzene rings is 2. The lowest BCUT2D eigenvalue weighted by Gasteiger charge is -2.19. The molecule has 2 heteroatoms. The monoisotopic (exact) mass is 270 g/mol. The zero-order chi connectivity index (χ0) is 14.1. The lowest BCUT2D eigenvalue weighted by atomic mass is 9.88. The van der Waals surface area contributed by atoms with Crippen molar-refractivity contribution in [3.63, 3.8) is 0 Å². The molecule has 0 bridgehead atoms. The molecule has 1 aliphatic carbocycles. The standard InChI is InChI=1S/C18H19FO/c1-12-6-7-16(11-17(12)19)18(20)15-9-8-13-4-2-3-5-14(13)10-15/h6-11,18,20H,2-5H2,1H3. The molecule has 20 heavy (non-hydrogen) atoms. The second-order valence-electron chi connectivity index (χ2n) is 5.65. The highest BCUT2D eigenvalue weighted by Crippen LogP contribution is 2.28. The normalized spacial score (nSPS) is 15.8. The number of hydrogen-bond donors (Lipinski definition) is 1. The third-order valence-corrected chi connectivity index (χ3v) is 4.20. The number of aryl methyl sites for hydroxylation is 3. The molecule has 0 saturated heterocycles. The van der Waals surface area contributed by atoms with Crippen LogP contribution in [-0.4, -0.2) is 5.11 Å². The maximum atomic E-state index is 13.6. The lowest BCUT2D eigenvalue weighted by molar-refractivity contribution is 0.219. The van der Waals surface area contributed by atoms with Crippen molar-refractivity contribution in [1.82, 2.24) is 0 Å². The van der Waals surface area contributed by atoms with Gasteiger partial charge in [0.25, 0.3) is 0 Å². The molecule has 1 N–H and O–H groups in total. The van der Waals surface area contributed by atoms with E-state index in [-0.39, 0.29) is 5.82 Å². The predicted octanol–water partition coefficient (Wildman–Crippen LogP) is 4.09. The second kappa shape index (κ2) is 5.37. The highest BCUT2D eigenvalue weighted by atomic mass is 19.1. The van der Waals surface area contributed by atoms with Gasteiger partial charge in [0.05, 0.1) is 0 Å². The number of aliphatic hydroxyl groups is 1. The molecule has 0 amide bonds. The minimum atomic E-state index is -0.752. The van der Waals surface area contributed by atoms with Crippen molar-refractivity contribution >= 4 is 0 Å². The molecule has 0 fully saturated rings. The summed E-state index contributed by atoms with van der Waals surface area (Å²) in [5.41, 5.74) is 4.80. The van der Waals surface area contributed by atoms with Crippen LogP contribution in [0, 0.1) is 12.7 Å². The van der Waals surface area contributed by atoms with Crippen molar-refractivity contribution in [2.24, 2.45) is 0 Å². The van der Waals surface area contributed by atoms with Crippen molar-refractivity contribution in [3.05, 3.63) is 70.0 Å². The van der Waals surface area contributed by atoms with Crippen LogP contribution in [0.3, 0.4) is 0 Å². The molecular formula is C18H19FO. The summed E-state index contributed by atoms with van der Waals surface area (Å²) in [7, 11) is 0. The molecule has 1 nitrogen and oxygen atoms in total. The average Bonchev–Trinajstić information content (AvgIpc) is 2.49. The fraction of sp³-hybridized carbons (Fsp3) is 0.333. The van der Waals surface area contributed by atoms with E-state index >= 15 is 0 Å². The number of hydrogen-bond acceptors (Lipinski definition) is 1. The topological polar surface area (TPSA) is 20.2 Å². The van der Waals surface area contributed by atoms with Gasteiger partial charge in [-0.2, -0.15) is 0 Å². The summed E-state index contributed by atoms with van der Waals surface area (Å²) >= 11 is 0. The Morgan fingerprint density at radius 2 is 1.60 bits per heavy atom. The summed E-state index contributed by atoms with van der Waals surface area (Å²) in [4.78, 5) is 0. The molecule has 2 aromatic carbocycles. The average molecular weight is 270 g/mol. The fourth-order valence-electron chi connectivity index (χ4n) is 2.90. The second-order valence-corrected chi connectivity index (χ2v) is 5.65. The molecule has 0 spiro atoms. The van der Waals surface area contributed by atoms with E-state index in [1.54, 1.807) is 19.1 Å². The molecule has 1 aliphatic rings. The van der Waals surface area contributed by atoms with Crippen LogP contribution in [0.4, 0.5) is 4.39 Å². The largest absolute Gasteiger partial charge is 0.384 e. The molecule has 0 radical (unpaired) electrons. The van der Waals surface area contributed by atoms with E-state index in [2.05, 4.69) is 12.1 Å². The lowest BCUT2D eigenvalue weighted by Crippen LogP contribution is -2.06. The molecule has 0 heterocycles. The van der Waals surface area contributed by atoms with Crippen LogP contribution in [0.25, 0.3) is 0 Å². The third-order valence-electron chi connectivity index (χ3n) is 4.20. The molecule has 1 atom stereocenters. The Morgan fingerprint density at radius 3 is 2.35 bits per heavy atom. The molecular weight excluding hydrogens is 251 g/mol. The third kappa shape index (κ3) is 2.48. The van der Waals surface area contributed by atoms with Crippen LogP contribution in [0.5, 0.6) is 0 Å². The van der Waals surface area contributed by atoms with Crippen molar-refractivity contribution in [3.8, 4) is 0 Å². The van der Waals surface area contributed by atoms with Crippen molar-refractivity contribution in [2.45, 2.75) is 38.7 Å². The first-order chi connectivity index (χ1) is 9.65. The van der Waals surface area contributed by atoms with Gasteiger partial charge in [0.2, 0.25) is 0 Å². The Balaban J connectivity index is 1.93. The van der Waals surface area contributed by atoms with Gasteiger partial charge in [0, 0.05) is 0 Å². The van der Waals surface area contributed by atoms with Crippen LogP contribution in [0.2, 0.25) is 0 Å². The minimum Gasteiger partial charge on any atom is -0.384 e. The van der Waals surface area contributed by atoms with Crippen molar-refractivity contribution in [1.29, 1.82) is 0 Å². The van der Waals surface area contributed by atoms with E-state index in [4.69, 9.17) is 0 Å². The predicted molar refractivity (Wildman–Crippen MR) is 78.3 cm³/mol. The van der Waals surface area contributed by atoms with E-state index in [0.29, 0.717) is 11.1 Å². The van der Waals surface area contributed by atoms with E-state index < -0.39 is 6.10 Å². The molecule has 3 rings (SSSR count). The maximum Gasteiger partial charge on any atom is 0.126 e. The molecule has 2 aromatic rings. The molecule has 0 aromatic heterocycles. The van der Waals surface area contributed by atoms with E-state index in [1.807, 2.05) is 6.07 Å². The molecule has 0 saturated carbocycles. The van der Waals surface area contributed by atoms with Gasteiger partial charge in [0.1, 0.15) is 11.9 Å². The van der Waals surface area contributed by atoms with E-state index in [9.17, 15) is 9.50 Å². The Labute approximate surface area is 119 Å². The van der Waals surface area contributed by atoms with Gasteiger partial charge < -0.3 is 5.11 Å². The fourth-order valence-corrected chi connectivity index (χ4v) is 2.90. The summed E-state index contributed by atoms with van der Waals surface area (Å²) in [5.74, 6) is -0.264. The first kappa shape index (κ1) is 13.3. The van der Waals surface area contributed by atoms with Gasteiger partial charge in [-0.3, -0.25) is 0 Å². The quantitative estimate of drug-likeness (QED) is 0.871. The number of halogens is 1. The van der Waals surface area contributed by atoms with Gasteiger partial charge in [-0.1, -0.05) is 30.3 Å². The summed E-state index contributed by atoms with van der Waals surface area (Å²) in [5, 5.41) is 10.4. The summed E-state index contributed by atoms with van der Waals surface area (Å²) in [6.45, 7) is 1.73. The van der Waals surface area contributed by atoms with Crippen molar-refractivity contribution in [2.75, 3.05) is 0 Å². The number of rotatable bonds is 2. The summed E-state index contributed by atoms with van der Waals surface area (Å²) < 4.78 is 13.6. The van der Waals surface area contributed by atoms with E-state index in [1.165, 1.54) is 30.0 Å². The smallest absolute Gasteiger partial charge is 0.126 e. The minimum absolute atomic E-state index is 0.264. The highest BCUT2D eigenvalue weighted by molar-refractivity contribution is 5.38. The SMILES string of the molecule is Cc1ccc(C(O)c2ccc3c(c2)CCCC3)cc1F. The summed E-state index contributed by atoms with van der Waals surface area (Å²) in [6.07, 6.45) is 3.92. The Morgan fingerprint density at radius 1 is 0.950 bits per heavy atom. The molecule has 104 valence electrons. The van der Waals surface area contributed by atoms with E-state index in [0.717, 1.165) is 18.4 Å². The van der Waals surface area contributed by atoms with Crippen LogP contribution in [0.1, 0.15) is 46.8 Å². The Bertz CT molecular complexity index is 633. The van der Waals surface area contributed by atoms with Crippen LogP contribution < -0.4 is 0 Å². The Kier molecular flexibility index (Phi) is 3.58. The number of fused-ring (bicyclic) bond motifs is 1. The van der Waals surface area contributed by atoms with Gasteiger partial charge in [-0.25, -0.2) is 4.39 Å². The van der Waals surface area contributed by atoms with Crippen molar-refractivity contribution < 1.29 is 9.50 Å². The van der Waals surface area contributed by atoms with Gasteiger partial charge in [-0.05, 0) is 66.5 Å². The Hall–Kier alpha value is -1.67. The first-order valence-corrected chi connectivity index (χ1v) is 7.21. The summed E-state index contributed by atoms with van der Waals surface area (Å²) in [6, 6.07) is 11.1. The van der Waals surface area contributed by atoms with Gasteiger partial charge in [0.15, 0.2) is 0 Å². The molecule has 0 aliphatic heterocycles. The van der Waals surface area contributed by atoms with Crippen LogP contribution in [-0.2, 0) is 12.8 Å². The van der Waals surface area contributed by atoms with Gasteiger partial charge >= 0.3 is 0 Å². The maximum absolute atomic E-state index is 13.6. The zero-order valence-electron chi connectivity index (χ0n) is 11.7. The highest BCUT2D eigenvalue weighted by Gasteiger charge is 2.15.